The molecule has 2 nitrogen and oxygen atoms in total. The maximum atomic E-state index is 13.6. The second kappa shape index (κ2) is 12.9. The van der Waals surface area contributed by atoms with Crippen LogP contribution in [-0.4, -0.2) is 19.0 Å². The molecular formula is C27H39FO2. The van der Waals surface area contributed by atoms with Crippen molar-refractivity contribution in [3.05, 3.63) is 59.9 Å². The lowest BCUT2D eigenvalue weighted by atomic mass is 9.85. The van der Waals surface area contributed by atoms with Crippen molar-refractivity contribution in [3.63, 3.8) is 0 Å². The molecule has 0 bridgehead atoms. The van der Waals surface area contributed by atoms with Gasteiger partial charge in [0.25, 0.3) is 0 Å². The number of benzene rings is 2. The van der Waals surface area contributed by atoms with Crippen molar-refractivity contribution >= 4 is 0 Å². The summed E-state index contributed by atoms with van der Waals surface area (Å²) in [6, 6.07) is 15.2. The van der Waals surface area contributed by atoms with E-state index in [1.54, 1.807) is 12.1 Å². The van der Waals surface area contributed by atoms with E-state index in [0.29, 0.717) is 13.2 Å². The second-order valence-electron chi connectivity index (χ2n) is 8.12. The van der Waals surface area contributed by atoms with Gasteiger partial charge < -0.3 is 9.47 Å². The van der Waals surface area contributed by atoms with Crippen molar-refractivity contribution in [2.24, 2.45) is 0 Å². The Balaban J connectivity index is 2.19. The smallest absolute Gasteiger partial charge is 0.172 e. The molecule has 0 aliphatic heterocycles. The van der Waals surface area contributed by atoms with E-state index in [1.807, 2.05) is 19.9 Å². The third-order valence-electron chi connectivity index (χ3n) is 5.81. The maximum absolute atomic E-state index is 13.6. The van der Waals surface area contributed by atoms with E-state index in [2.05, 4.69) is 38.1 Å². The van der Waals surface area contributed by atoms with Gasteiger partial charge in [-0.15, -0.1) is 0 Å². The summed E-state index contributed by atoms with van der Waals surface area (Å²) in [7, 11) is 0. The highest BCUT2D eigenvalue weighted by atomic mass is 19.1. The number of hydrogen-bond donors (Lipinski definition) is 0. The highest BCUT2D eigenvalue weighted by molar-refractivity contribution is 5.63. The van der Waals surface area contributed by atoms with Gasteiger partial charge in [0, 0.05) is 19.1 Å². The Hall–Kier alpha value is -1.71. The minimum atomic E-state index is -0.646. The third kappa shape index (κ3) is 7.21. The second-order valence-corrected chi connectivity index (χ2v) is 8.12. The largest absolute Gasteiger partial charge is 0.350 e. The molecule has 0 aliphatic carbocycles. The standard InChI is InChI=1S/C27H39FO2/c1-5-8-9-10-11-12-16-26(27(4,29-6-2)30-7-3)23-19-17-22(18-20-23)24-14-13-15-25(28)21-24/h13-15,17-21,26H,5-12,16H2,1-4H3. The van der Waals surface area contributed by atoms with Gasteiger partial charge in [0.05, 0.1) is 0 Å². The van der Waals surface area contributed by atoms with Crippen molar-refractivity contribution in [2.45, 2.75) is 84.3 Å². The summed E-state index contributed by atoms with van der Waals surface area (Å²) >= 11 is 0. The van der Waals surface area contributed by atoms with E-state index in [4.69, 9.17) is 9.47 Å². The predicted molar refractivity (Wildman–Crippen MR) is 124 cm³/mol. The Morgan fingerprint density at radius 3 is 2.03 bits per heavy atom. The van der Waals surface area contributed by atoms with Crippen LogP contribution >= 0.6 is 0 Å². The molecule has 0 amide bonds. The average Bonchev–Trinajstić information content (AvgIpc) is 2.74. The zero-order valence-electron chi connectivity index (χ0n) is 19.3. The van der Waals surface area contributed by atoms with Crippen molar-refractivity contribution in [2.75, 3.05) is 13.2 Å². The molecule has 0 radical (unpaired) electrons. The molecule has 0 saturated carbocycles. The summed E-state index contributed by atoms with van der Waals surface area (Å²) in [6.07, 6.45) is 8.63. The normalized spacial score (nSPS) is 12.8. The minimum absolute atomic E-state index is 0.158. The van der Waals surface area contributed by atoms with Crippen molar-refractivity contribution in [3.8, 4) is 11.1 Å². The van der Waals surface area contributed by atoms with Gasteiger partial charge in [0.2, 0.25) is 0 Å². The first kappa shape index (κ1) is 24.6. The number of halogens is 1. The lowest BCUT2D eigenvalue weighted by molar-refractivity contribution is -0.236. The van der Waals surface area contributed by atoms with Gasteiger partial charge in [-0.3, -0.25) is 0 Å². The molecule has 0 heterocycles. The van der Waals surface area contributed by atoms with Crippen molar-refractivity contribution < 1.29 is 13.9 Å². The Morgan fingerprint density at radius 2 is 1.43 bits per heavy atom. The molecule has 0 N–H and O–H groups in total. The van der Waals surface area contributed by atoms with Gasteiger partial charge in [0.1, 0.15) is 5.82 Å². The third-order valence-corrected chi connectivity index (χ3v) is 5.81. The lowest BCUT2D eigenvalue weighted by Gasteiger charge is -2.37. The van der Waals surface area contributed by atoms with E-state index in [-0.39, 0.29) is 11.7 Å². The number of hydrogen-bond acceptors (Lipinski definition) is 2. The monoisotopic (exact) mass is 414 g/mol. The summed E-state index contributed by atoms with van der Waals surface area (Å²) < 4.78 is 25.9. The summed E-state index contributed by atoms with van der Waals surface area (Å²) in [6.45, 7) is 9.59. The number of unbranched alkanes of at least 4 members (excludes halogenated alkanes) is 5. The van der Waals surface area contributed by atoms with Gasteiger partial charge in [0.15, 0.2) is 5.79 Å². The van der Waals surface area contributed by atoms with Crippen LogP contribution in [0.4, 0.5) is 4.39 Å². The van der Waals surface area contributed by atoms with Crippen molar-refractivity contribution in [1.82, 2.24) is 0 Å². The first-order chi connectivity index (χ1) is 14.5. The van der Waals surface area contributed by atoms with Gasteiger partial charge in [-0.2, -0.15) is 0 Å². The topological polar surface area (TPSA) is 18.5 Å². The Bertz CT molecular complexity index is 720. The summed E-state index contributed by atoms with van der Waals surface area (Å²) in [5.41, 5.74) is 3.13. The average molecular weight is 415 g/mol. The van der Waals surface area contributed by atoms with E-state index >= 15 is 0 Å². The van der Waals surface area contributed by atoms with Crippen LogP contribution in [0.2, 0.25) is 0 Å². The molecule has 0 fully saturated rings. The van der Waals surface area contributed by atoms with Gasteiger partial charge in [-0.25, -0.2) is 4.39 Å². The highest BCUT2D eigenvalue weighted by Crippen LogP contribution is 2.38. The van der Waals surface area contributed by atoms with Crippen LogP contribution in [0.5, 0.6) is 0 Å². The zero-order chi connectivity index (χ0) is 21.8. The molecule has 3 heteroatoms. The minimum Gasteiger partial charge on any atom is -0.350 e. The number of rotatable bonds is 14. The zero-order valence-corrected chi connectivity index (χ0v) is 19.3. The fourth-order valence-corrected chi connectivity index (χ4v) is 4.25. The molecule has 166 valence electrons. The first-order valence-corrected chi connectivity index (χ1v) is 11.7. The molecule has 2 aromatic carbocycles. The quantitative estimate of drug-likeness (QED) is 0.229. The SMILES string of the molecule is CCCCCCCCC(c1ccc(-c2cccc(F)c2)cc1)C(C)(OCC)OCC. The molecular weight excluding hydrogens is 375 g/mol. The first-order valence-electron chi connectivity index (χ1n) is 11.7. The van der Waals surface area contributed by atoms with Gasteiger partial charge in [-0.1, -0.05) is 81.8 Å². The Kier molecular flexibility index (Phi) is 10.5. The molecule has 1 unspecified atom stereocenters. The van der Waals surface area contributed by atoms with E-state index < -0.39 is 5.79 Å². The molecule has 0 aromatic heterocycles. The predicted octanol–water partition coefficient (Wildman–Crippen LogP) is 8.12. The molecule has 0 saturated heterocycles. The van der Waals surface area contributed by atoms with Crippen LogP contribution in [0.15, 0.2) is 48.5 Å². The molecule has 1 atom stereocenters. The van der Waals surface area contributed by atoms with Crippen LogP contribution in [0.25, 0.3) is 11.1 Å². The van der Waals surface area contributed by atoms with E-state index in [9.17, 15) is 4.39 Å². The summed E-state index contributed by atoms with van der Waals surface area (Å²) in [4.78, 5) is 0. The Morgan fingerprint density at radius 1 is 0.800 bits per heavy atom. The van der Waals surface area contributed by atoms with Gasteiger partial charge in [-0.05, 0) is 56.0 Å². The molecule has 0 aliphatic rings. The van der Waals surface area contributed by atoms with Crippen LogP contribution in [0, 0.1) is 5.82 Å². The Labute approximate surface area is 182 Å². The van der Waals surface area contributed by atoms with Crippen LogP contribution in [-0.2, 0) is 9.47 Å². The molecule has 2 rings (SSSR count). The van der Waals surface area contributed by atoms with Crippen molar-refractivity contribution in [1.29, 1.82) is 0 Å². The molecule has 0 spiro atoms. The maximum Gasteiger partial charge on any atom is 0.172 e. The van der Waals surface area contributed by atoms with Gasteiger partial charge >= 0.3 is 0 Å². The lowest BCUT2D eigenvalue weighted by Crippen LogP contribution is -2.39. The van der Waals surface area contributed by atoms with Crippen LogP contribution < -0.4 is 0 Å². The summed E-state index contributed by atoms with van der Waals surface area (Å²) in [5, 5.41) is 0. The number of ether oxygens (including phenoxy) is 2. The van der Waals surface area contributed by atoms with E-state index in [1.165, 1.54) is 43.7 Å². The van der Waals surface area contributed by atoms with E-state index in [0.717, 1.165) is 24.0 Å². The molecule has 30 heavy (non-hydrogen) atoms. The highest BCUT2D eigenvalue weighted by Gasteiger charge is 2.36. The fourth-order valence-electron chi connectivity index (χ4n) is 4.25. The fraction of sp³-hybridized carbons (Fsp3) is 0.556. The molecule has 2 aromatic rings. The van der Waals surface area contributed by atoms with Crippen LogP contribution in [0.3, 0.4) is 0 Å². The summed E-state index contributed by atoms with van der Waals surface area (Å²) in [5.74, 6) is -0.698. The van der Waals surface area contributed by atoms with Crippen LogP contribution in [0.1, 0.15) is 84.1 Å².